The molecule has 0 aromatic heterocycles. The van der Waals surface area contributed by atoms with Gasteiger partial charge in [0, 0.05) is 6.42 Å². The van der Waals surface area contributed by atoms with Crippen molar-refractivity contribution in [2.45, 2.75) is 66.8 Å². The Balaban J connectivity index is 0.000000921. The van der Waals surface area contributed by atoms with Crippen LogP contribution in [0.1, 0.15) is 12.8 Å². The second-order valence-electron chi connectivity index (χ2n) is 6.85. The molecule has 7 nitrogen and oxygen atoms in total. The molecule has 1 saturated heterocycles. The predicted molar refractivity (Wildman–Crippen MR) is 80.1 cm³/mol. The van der Waals surface area contributed by atoms with E-state index in [1.807, 2.05) is 0 Å². The van der Waals surface area contributed by atoms with Gasteiger partial charge >= 0.3 is 70.2 Å². The fraction of sp³-hybridized carbons (Fsp3) is 0.846. The highest BCUT2D eigenvalue weighted by Crippen LogP contribution is 2.63. The van der Waals surface area contributed by atoms with Gasteiger partial charge in [0.25, 0.3) is 0 Å². The van der Waals surface area contributed by atoms with Crippen molar-refractivity contribution in [3.63, 3.8) is 0 Å². The highest BCUT2D eigenvalue weighted by atomic mass is 32.3. The lowest BCUT2D eigenvalue weighted by molar-refractivity contribution is -0.468. The highest BCUT2D eigenvalue weighted by molar-refractivity contribution is 7.82. The molecule has 0 aliphatic carbocycles. The van der Waals surface area contributed by atoms with Crippen LogP contribution in [0.3, 0.4) is 0 Å². The van der Waals surface area contributed by atoms with Crippen molar-refractivity contribution in [3.8, 4) is 0 Å². The van der Waals surface area contributed by atoms with Gasteiger partial charge in [0.15, 0.2) is 0 Å². The van der Waals surface area contributed by atoms with Gasteiger partial charge in [0.2, 0.25) is 0 Å². The summed E-state index contributed by atoms with van der Waals surface area (Å²) in [5, 5.41) is 0. The van der Waals surface area contributed by atoms with Crippen molar-refractivity contribution in [3.05, 3.63) is 0 Å². The topological polar surface area (TPSA) is 113 Å². The molecule has 0 aromatic carbocycles. The van der Waals surface area contributed by atoms with E-state index in [1.165, 1.54) is 0 Å². The molecule has 39 heavy (non-hydrogen) atoms. The first kappa shape index (κ1) is 36.6. The Morgan fingerprint density at radius 1 is 0.564 bits per heavy atom. The third-order valence-electron chi connectivity index (χ3n) is 4.03. The zero-order valence-corrected chi connectivity index (χ0v) is 18.0. The molecule has 1 aliphatic rings. The number of rotatable bonds is 5. The van der Waals surface area contributed by atoms with Gasteiger partial charge in [-0.1, -0.05) is 0 Å². The second-order valence-corrected chi connectivity index (χ2v) is 8.00. The van der Waals surface area contributed by atoms with E-state index in [1.54, 1.807) is 0 Å². The Morgan fingerprint density at radius 3 is 1.13 bits per heavy atom. The quantitative estimate of drug-likeness (QED) is 0.442. The maximum absolute atomic E-state index is 12.8. The molecule has 1 heterocycles. The number of hydrogen-bond acceptors (Lipinski definition) is 7. The van der Waals surface area contributed by atoms with Gasteiger partial charge in [-0.2, -0.15) is 79.0 Å². The van der Waals surface area contributed by atoms with E-state index in [0.29, 0.717) is 0 Å². The Kier molecular flexibility index (Phi) is 9.58. The summed E-state index contributed by atoms with van der Waals surface area (Å²) in [6, 6.07) is -1.11. The van der Waals surface area contributed by atoms with Crippen LogP contribution < -0.4 is 5.73 Å². The summed E-state index contributed by atoms with van der Waals surface area (Å²) in [6.45, 7) is 0. The molecule has 0 spiro atoms. The summed E-state index contributed by atoms with van der Waals surface area (Å²) in [4.78, 5) is 21.4. The number of nitrogens with two attached hydrogens (primary N) is 1. The lowest BCUT2D eigenvalue weighted by Gasteiger charge is -2.41. The zero-order chi connectivity index (χ0) is 32.1. The van der Waals surface area contributed by atoms with E-state index in [0.717, 1.165) is 0 Å². The molecule has 0 aromatic rings. The smallest absolute Gasteiger partial charge is 0.318 e. The standard InChI is InChI=1S/C8F18.C5H7NO6S/c9-1(10,3(13,14)5(17,18)7(21,22)23)2(11,12)4(15,16)6(19,20)8(24,25)26;6-3-1-2-4(7)11-13(9,10)12-5(3)8/h;3H,1-2,6H2/t;3-/m.0/s1. The van der Waals surface area contributed by atoms with Gasteiger partial charge in [-0.15, -0.1) is 8.42 Å². The minimum Gasteiger partial charge on any atom is -0.318 e. The van der Waals surface area contributed by atoms with E-state index in [-0.39, 0.29) is 12.8 Å². The number of carbonyl (C=O) groups is 2. The van der Waals surface area contributed by atoms with Crippen LogP contribution in [0.15, 0.2) is 0 Å². The normalized spacial score (nSPS) is 20.6. The van der Waals surface area contributed by atoms with Crippen LogP contribution in [0.5, 0.6) is 0 Å². The lowest BCUT2D eigenvalue weighted by Crippen LogP contribution is -2.74. The van der Waals surface area contributed by atoms with Gasteiger partial charge in [-0.05, 0) is 6.42 Å². The average molecular weight is 647 g/mol. The van der Waals surface area contributed by atoms with E-state index in [4.69, 9.17) is 5.73 Å². The van der Waals surface area contributed by atoms with Crippen molar-refractivity contribution in [1.29, 1.82) is 0 Å². The molecular weight excluding hydrogens is 640 g/mol. The Labute approximate surface area is 201 Å². The van der Waals surface area contributed by atoms with Gasteiger partial charge in [0.05, 0.1) is 0 Å². The first-order valence-electron chi connectivity index (χ1n) is 8.52. The molecule has 1 fully saturated rings. The second kappa shape index (κ2) is 10.2. The first-order valence-corrected chi connectivity index (χ1v) is 9.85. The fourth-order valence-corrected chi connectivity index (χ4v) is 2.54. The van der Waals surface area contributed by atoms with Crippen LogP contribution in [-0.2, 0) is 28.4 Å². The van der Waals surface area contributed by atoms with Crippen molar-refractivity contribution in [2.24, 2.45) is 5.73 Å². The molecule has 0 amide bonds. The van der Waals surface area contributed by atoms with E-state index >= 15 is 0 Å². The summed E-state index contributed by atoms with van der Waals surface area (Å²) in [6.07, 6.45) is -15.8. The van der Waals surface area contributed by atoms with Crippen LogP contribution in [0, 0.1) is 0 Å². The van der Waals surface area contributed by atoms with Crippen LogP contribution >= 0.6 is 0 Å². The van der Waals surface area contributed by atoms with Gasteiger partial charge < -0.3 is 14.1 Å². The van der Waals surface area contributed by atoms with E-state index in [9.17, 15) is 97.0 Å². The van der Waals surface area contributed by atoms with Gasteiger partial charge in [-0.3, -0.25) is 4.79 Å². The van der Waals surface area contributed by atoms with Crippen LogP contribution in [0.2, 0.25) is 0 Å². The first-order chi connectivity index (χ1) is 16.7. The van der Waals surface area contributed by atoms with Crippen LogP contribution in [0.25, 0.3) is 0 Å². The summed E-state index contributed by atoms with van der Waals surface area (Å²) < 4.78 is 250. The molecule has 1 atom stereocenters. The molecule has 0 bridgehead atoms. The summed E-state index contributed by atoms with van der Waals surface area (Å²) in [5.74, 6) is -53.1. The molecule has 0 unspecified atom stereocenters. The molecule has 0 radical (unpaired) electrons. The third kappa shape index (κ3) is 6.34. The van der Waals surface area contributed by atoms with Crippen LogP contribution in [0.4, 0.5) is 79.0 Å². The number of carbonyl (C=O) groups excluding carboxylic acids is 2. The molecule has 26 heteroatoms. The fourth-order valence-electron chi connectivity index (χ4n) is 1.87. The minimum absolute atomic E-state index is 0.00713. The number of alkyl halides is 18. The van der Waals surface area contributed by atoms with E-state index < -0.39 is 76.3 Å². The van der Waals surface area contributed by atoms with Crippen LogP contribution in [-0.4, -0.2) is 74.3 Å². The maximum atomic E-state index is 12.8. The summed E-state index contributed by atoms with van der Waals surface area (Å²) in [7, 11) is -4.55. The average Bonchev–Trinajstić information content (AvgIpc) is 2.68. The minimum atomic E-state index is -8.72. The SMILES string of the molecule is FC(F)(F)C(F)(F)C(F)(F)C(F)(F)C(F)(F)C(F)(F)C(F)(F)C(F)(F)F.N[C@H]1CCC(=O)OS(=O)(=O)OC1=O. The molecule has 1 aliphatic heterocycles. The van der Waals surface area contributed by atoms with Crippen molar-refractivity contribution >= 4 is 22.3 Å². The third-order valence-corrected chi connectivity index (χ3v) is 4.78. The number of hydrogen-bond donors (Lipinski definition) is 1. The largest absolute Gasteiger partial charge is 0.506 e. The Hall–Kier alpha value is -2.41. The van der Waals surface area contributed by atoms with Crippen molar-refractivity contribution in [2.75, 3.05) is 0 Å². The van der Waals surface area contributed by atoms with E-state index in [2.05, 4.69) is 8.37 Å². The van der Waals surface area contributed by atoms with Gasteiger partial charge in [-0.25, -0.2) is 4.79 Å². The Bertz CT molecular complexity index is 985. The molecule has 1 rings (SSSR count). The highest BCUT2D eigenvalue weighted by Gasteiger charge is 2.95. The molecular formula is C13H7F18NO6S. The molecule has 0 saturated carbocycles. The number of halogens is 18. The monoisotopic (exact) mass is 647 g/mol. The molecule has 2 N–H and O–H groups in total. The van der Waals surface area contributed by atoms with Crippen molar-refractivity contribution in [1.82, 2.24) is 0 Å². The summed E-state index contributed by atoms with van der Waals surface area (Å²) >= 11 is 0. The Morgan fingerprint density at radius 2 is 0.846 bits per heavy atom. The maximum Gasteiger partial charge on any atom is 0.506 e. The van der Waals surface area contributed by atoms with Crippen molar-refractivity contribution < 1.29 is 105 Å². The molecule has 232 valence electrons. The summed E-state index contributed by atoms with van der Waals surface area (Å²) in [5.41, 5.74) is 5.18. The predicted octanol–water partition coefficient (Wildman–Crippen LogP) is 4.36. The zero-order valence-electron chi connectivity index (χ0n) is 17.2. The lowest BCUT2D eigenvalue weighted by atomic mass is 9.91. The van der Waals surface area contributed by atoms with Gasteiger partial charge in [0.1, 0.15) is 6.04 Å².